The summed E-state index contributed by atoms with van der Waals surface area (Å²) in [5.74, 6) is 0.774. The molecule has 2 aromatic carbocycles. The summed E-state index contributed by atoms with van der Waals surface area (Å²) in [6.07, 6.45) is 5.47. The van der Waals surface area contributed by atoms with Crippen LogP contribution in [0.15, 0.2) is 36.4 Å². The van der Waals surface area contributed by atoms with E-state index in [-0.39, 0.29) is 0 Å². The minimum atomic E-state index is 0.774. The lowest BCUT2D eigenvalue weighted by atomic mass is 9.97. The molecule has 0 unspecified atom stereocenters. The Kier molecular flexibility index (Phi) is 6.46. The Morgan fingerprint density at radius 2 is 1.36 bits per heavy atom. The highest BCUT2D eigenvalue weighted by Gasteiger charge is 2.25. The lowest BCUT2D eigenvalue weighted by Crippen LogP contribution is -2.47. The molecule has 0 bridgehead atoms. The van der Waals surface area contributed by atoms with Gasteiger partial charge in [-0.15, -0.1) is 0 Å². The van der Waals surface area contributed by atoms with Crippen LogP contribution < -0.4 is 14.7 Å². The normalized spacial score (nSPS) is 20.3. The van der Waals surface area contributed by atoms with Crippen molar-refractivity contribution in [3.63, 3.8) is 0 Å². The number of anilines is 3. The van der Waals surface area contributed by atoms with Crippen molar-refractivity contribution in [3.05, 3.63) is 53.1 Å². The lowest BCUT2D eigenvalue weighted by Gasteiger charge is -2.40. The van der Waals surface area contributed by atoms with Crippen molar-refractivity contribution in [3.8, 4) is 6.07 Å². The van der Waals surface area contributed by atoms with Gasteiger partial charge in [-0.1, -0.05) is 25.0 Å². The van der Waals surface area contributed by atoms with E-state index >= 15 is 0 Å². The second kappa shape index (κ2) is 9.65. The molecule has 0 atom stereocenters. The largest absolute Gasteiger partial charge is 0.369 e. The van der Waals surface area contributed by atoms with Crippen LogP contribution in [-0.2, 0) is 0 Å². The van der Waals surface area contributed by atoms with Gasteiger partial charge in [-0.25, -0.2) is 0 Å². The molecule has 2 heterocycles. The second-order valence-electron chi connectivity index (χ2n) is 10.1. The zero-order valence-electron chi connectivity index (χ0n) is 20.3. The predicted molar refractivity (Wildman–Crippen MR) is 138 cm³/mol. The monoisotopic (exact) mass is 443 g/mol. The summed E-state index contributed by atoms with van der Waals surface area (Å²) >= 11 is 0. The maximum Gasteiger partial charge on any atom is 0.101 e. The van der Waals surface area contributed by atoms with E-state index in [1.54, 1.807) is 0 Å². The Labute approximate surface area is 199 Å². The first kappa shape index (κ1) is 22.1. The fourth-order valence-corrected chi connectivity index (χ4v) is 5.98. The molecular weight excluding hydrogens is 406 g/mol. The van der Waals surface area contributed by atoms with Crippen molar-refractivity contribution in [2.45, 2.75) is 38.5 Å². The first-order chi connectivity index (χ1) is 16.1. The molecule has 0 radical (unpaired) electrons. The van der Waals surface area contributed by atoms with E-state index in [1.165, 1.54) is 48.2 Å². The SMILES string of the molecule is Cc1c(N2CCN(C)CC2)ccc(C#N)c1N1CCN(c2ccc(C3CCCC3)cc2)CC1. The molecule has 2 saturated heterocycles. The van der Waals surface area contributed by atoms with Crippen molar-refractivity contribution in [1.82, 2.24) is 4.90 Å². The fourth-order valence-electron chi connectivity index (χ4n) is 5.98. The quantitative estimate of drug-likeness (QED) is 0.690. The zero-order chi connectivity index (χ0) is 22.8. The Bertz CT molecular complexity index is 986. The highest BCUT2D eigenvalue weighted by Crippen LogP contribution is 2.36. The second-order valence-corrected chi connectivity index (χ2v) is 10.1. The molecule has 0 amide bonds. The molecule has 3 aliphatic rings. The van der Waals surface area contributed by atoms with E-state index in [0.29, 0.717) is 0 Å². The van der Waals surface area contributed by atoms with Gasteiger partial charge in [0.25, 0.3) is 0 Å². The van der Waals surface area contributed by atoms with Crippen LogP contribution >= 0.6 is 0 Å². The van der Waals surface area contributed by atoms with Gasteiger partial charge >= 0.3 is 0 Å². The predicted octanol–water partition coefficient (Wildman–Crippen LogP) is 4.60. The molecule has 5 rings (SSSR count). The summed E-state index contributed by atoms with van der Waals surface area (Å²) in [6, 6.07) is 16.0. The van der Waals surface area contributed by atoms with Crippen LogP contribution in [0, 0.1) is 18.3 Å². The molecule has 3 fully saturated rings. The first-order valence-electron chi connectivity index (χ1n) is 12.7. The fraction of sp³-hybridized carbons (Fsp3) is 0.536. The number of likely N-dealkylation sites (N-methyl/N-ethyl adjacent to an activating group) is 1. The minimum Gasteiger partial charge on any atom is -0.369 e. The van der Waals surface area contributed by atoms with Crippen molar-refractivity contribution in [1.29, 1.82) is 5.26 Å². The Morgan fingerprint density at radius 3 is 2.00 bits per heavy atom. The molecule has 0 aromatic heterocycles. The van der Waals surface area contributed by atoms with E-state index in [4.69, 9.17) is 0 Å². The summed E-state index contributed by atoms with van der Waals surface area (Å²) < 4.78 is 0. The Morgan fingerprint density at radius 1 is 0.758 bits per heavy atom. The van der Waals surface area contributed by atoms with E-state index in [2.05, 4.69) is 70.0 Å². The van der Waals surface area contributed by atoms with Gasteiger partial charge in [-0.2, -0.15) is 5.26 Å². The summed E-state index contributed by atoms with van der Waals surface area (Å²) in [5.41, 5.74) is 7.35. The zero-order valence-corrected chi connectivity index (χ0v) is 20.3. The van der Waals surface area contributed by atoms with Crippen molar-refractivity contribution in [2.24, 2.45) is 0 Å². The van der Waals surface area contributed by atoms with Gasteiger partial charge in [0.1, 0.15) is 6.07 Å². The maximum atomic E-state index is 9.85. The van der Waals surface area contributed by atoms with Crippen molar-refractivity contribution >= 4 is 17.1 Å². The van der Waals surface area contributed by atoms with Crippen LogP contribution in [-0.4, -0.2) is 64.3 Å². The number of nitrogens with zero attached hydrogens (tertiary/aromatic N) is 5. The van der Waals surface area contributed by atoms with Crippen molar-refractivity contribution < 1.29 is 0 Å². The van der Waals surface area contributed by atoms with E-state index in [0.717, 1.165) is 69.5 Å². The molecule has 5 nitrogen and oxygen atoms in total. The lowest BCUT2D eigenvalue weighted by molar-refractivity contribution is 0.312. The topological polar surface area (TPSA) is 36.8 Å². The standard InChI is InChI=1S/C28H37N5/c1-22-27(32-15-13-30(2)14-16-32)12-9-25(21-29)28(22)33-19-17-31(18-20-33)26-10-7-24(8-11-26)23-5-3-4-6-23/h7-12,23H,3-6,13-20H2,1-2H3. The highest BCUT2D eigenvalue weighted by atomic mass is 15.3. The third kappa shape index (κ3) is 4.54. The van der Waals surface area contributed by atoms with Gasteiger partial charge in [0, 0.05) is 63.7 Å². The Hall–Kier alpha value is -2.71. The third-order valence-corrected chi connectivity index (χ3v) is 8.05. The number of hydrogen-bond donors (Lipinski definition) is 0. The van der Waals surface area contributed by atoms with E-state index in [9.17, 15) is 5.26 Å². The summed E-state index contributed by atoms with van der Waals surface area (Å²) in [7, 11) is 2.19. The molecule has 174 valence electrons. The number of nitriles is 1. The molecule has 0 spiro atoms. The number of benzene rings is 2. The van der Waals surface area contributed by atoms with Crippen LogP contribution in [0.4, 0.5) is 17.1 Å². The average molecular weight is 444 g/mol. The molecule has 2 aliphatic heterocycles. The molecule has 5 heteroatoms. The van der Waals surface area contributed by atoms with E-state index in [1.807, 2.05) is 6.07 Å². The molecular formula is C28H37N5. The smallest absolute Gasteiger partial charge is 0.101 e. The van der Waals surface area contributed by atoms with Gasteiger partial charge < -0.3 is 19.6 Å². The average Bonchev–Trinajstić information content (AvgIpc) is 3.40. The van der Waals surface area contributed by atoms with Crippen molar-refractivity contribution in [2.75, 3.05) is 74.1 Å². The first-order valence-corrected chi connectivity index (χ1v) is 12.7. The Balaban J connectivity index is 1.29. The summed E-state index contributed by atoms with van der Waals surface area (Å²) in [6.45, 7) is 10.4. The molecule has 1 saturated carbocycles. The van der Waals surface area contributed by atoms with Gasteiger partial charge in [0.2, 0.25) is 0 Å². The van der Waals surface area contributed by atoms with Gasteiger partial charge in [0.05, 0.1) is 11.3 Å². The van der Waals surface area contributed by atoms with Crippen LogP contribution in [0.25, 0.3) is 0 Å². The van der Waals surface area contributed by atoms with Crippen LogP contribution in [0.2, 0.25) is 0 Å². The molecule has 33 heavy (non-hydrogen) atoms. The molecule has 0 N–H and O–H groups in total. The molecule has 1 aliphatic carbocycles. The van der Waals surface area contributed by atoms with Crippen LogP contribution in [0.3, 0.4) is 0 Å². The van der Waals surface area contributed by atoms with Crippen LogP contribution in [0.5, 0.6) is 0 Å². The summed E-state index contributed by atoms with van der Waals surface area (Å²) in [4.78, 5) is 9.82. The minimum absolute atomic E-state index is 0.774. The van der Waals surface area contributed by atoms with Gasteiger partial charge in [0.15, 0.2) is 0 Å². The highest BCUT2D eigenvalue weighted by molar-refractivity contribution is 5.74. The third-order valence-electron chi connectivity index (χ3n) is 8.05. The maximum absolute atomic E-state index is 9.85. The van der Waals surface area contributed by atoms with Crippen LogP contribution in [0.1, 0.15) is 48.3 Å². The number of piperazine rings is 2. The number of hydrogen-bond acceptors (Lipinski definition) is 5. The summed E-state index contributed by atoms with van der Waals surface area (Å²) in [5, 5.41) is 9.85. The number of rotatable bonds is 4. The van der Waals surface area contributed by atoms with E-state index < -0.39 is 0 Å². The van der Waals surface area contributed by atoms with Gasteiger partial charge in [-0.3, -0.25) is 0 Å². The molecule has 2 aromatic rings. The van der Waals surface area contributed by atoms with Gasteiger partial charge in [-0.05, 0) is 68.1 Å².